The number of para-hydroxylation sites is 3. The van der Waals surface area contributed by atoms with Gasteiger partial charge in [-0.2, -0.15) is 0 Å². The zero-order valence-corrected chi connectivity index (χ0v) is 19.9. The lowest BCUT2D eigenvalue weighted by atomic mass is 9.96. The predicted molar refractivity (Wildman–Crippen MR) is 131 cm³/mol. The fraction of sp³-hybridized carbons (Fsp3) is 0.400. The fourth-order valence-corrected chi connectivity index (χ4v) is 4.56. The molecule has 2 unspecified atom stereocenters. The van der Waals surface area contributed by atoms with Gasteiger partial charge in [0, 0.05) is 26.7 Å². The number of fused-ring (bicyclic) bond motifs is 1. The van der Waals surface area contributed by atoms with Crippen molar-refractivity contribution in [1.29, 1.82) is 0 Å². The van der Waals surface area contributed by atoms with Crippen LogP contribution in [0.2, 0.25) is 0 Å². The maximum atomic E-state index is 12.9. The van der Waals surface area contributed by atoms with Crippen LogP contribution in [0.15, 0.2) is 59.4 Å². The van der Waals surface area contributed by atoms with E-state index >= 15 is 0 Å². The molecule has 3 aromatic rings. The molecule has 1 saturated heterocycles. The predicted octanol–water partition coefficient (Wildman–Crippen LogP) is 2.50. The Bertz CT molecular complexity index is 1230. The van der Waals surface area contributed by atoms with Gasteiger partial charge in [0.1, 0.15) is 5.75 Å². The minimum Gasteiger partial charge on any atom is -0.471 e. The Kier molecular flexibility index (Phi) is 7.40. The summed E-state index contributed by atoms with van der Waals surface area (Å²) in [5, 5.41) is 2.92. The number of primary amides is 1. The number of aryl methyl sites for hydroxylation is 1. The van der Waals surface area contributed by atoms with Crippen LogP contribution in [0, 0.1) is 5.92 Å². The number of ether oxygens (including phenoxy) is 2. The molecule has 0 radical (unpaired) electrons. The number of carbonyl (C=O) groups excluding carboxylic acids is 2. The number of nitrogens with one attached hydrogen (secondary N) is 1. The number of benzene rings is 2. The molecule has 3 N–H and O–H groups in total. The number of aromatic nitrogens is 2. The number of likely N-dealkylation sites (tertiary alicyclic amines) is 1. The maximum Gasteiger partial charge on any atom is 0.404 e. The van der Waals surface area contributed by atoms with Gasteiger partial charge in [-0.1, -0.05) is 30.3 Å². The number of hydrogen-bond donors (Lipinski definition) is 2. The Morgan fingerprint density at radius 2 is 1.69 bits per heavy atom. The van der Waals surface area contributed by atoms with E-state index in [4.69, 9.17) is 15.2 Å². The summed E-state index contributed by atoms with van der Waals surface area (Å²) in [7, 11) is 1.65. The van der Waals surface area contributed by atoms with Crippen LogP contribution in [0.25, 0.3) is 11.0 Å². The van der Waals surface area contributed by atoms with Gasteiger partial charge >= 0.3 is 17.8 Å². The number of imidazole rings is 1. The molecule has 0 aliphatic carbocycles. The van der Waals surface area contributed by atoms with Gasteiger partial charge in [-0.05, 0) is 49.9 Å². The summed E-state index contributed by atoms with van der Waals surface area (Å²) in [5.41, 5.74) is 6.15. The standard InChI is InChI=1S/C25H31N5O5/c1-17(34-23(26)31)22(35-19-8-4-3-5-9-19)29-14-12-18(13-15-29)16-27-24(32)30-21-11-7-6-10-20(21)28(2)25(30)33/h3-11,17-18,22H,12-16H2,1-2H3,(H2,26,31)(H,27,32). The van der Waals surface area contributed by atoms with Gasteiger partial charge in [-0.3, -0.25) is 9.47 Å². The van der Waals surface area contributed by atoms with Crippen molar-refractivity contribution in [2.24, 2.45) is 18.7 Å². The highest BCUT2D eigenvalue weighted by Gasteiger charge is 2.32. The normalized spacial score (nSPS) is 16.5. The number of amides is 2. The Labute approximate surface area is 203 Å². The monoisotopic (exact) mass is 481 g/mol. The van der Waals surface area contributed by atoms with E-state index in [1.165, 1.54) is 9.13 Å². The van der Waals surface area contributed by atoms with E-state index < -0.39 is 24.5 Å². The molecule has 2 atom stereocenters. The van der Waals surface area contributed by atoms with Crippen molar-refractivity contribution in [2.75, 3.05) is 19.6 Å². The Balaban J connectivity index is 1.37. The molecular formula is C25H31N5O5. The van der Waals surface area contributed by atoms with E-state index in [1.807, 2.05) is 42.5 Å². The summed E-state index contributed by atoms with van der Waals surface area (Å²) in [6.45, 7) is 3.60. The van der Waals surface area contributed by atoms with Gasteiger partial charge in [-0.25, -0.2) is 19.0 Å². The van der Waals surface area contributed by atoms with Crippen LogP contribution in [-0.4, -0.2) is 58.1 Å². The van der Waals surface area contributed by atoms with E-state index in [2.05, 4.69) is 10.2 Å². The van der Waals surface area contributed by atoms with Crippen molar-refractivity contribution in [3.8, 4) is 5.75 Å². The van der Waals surface area contributed by atoms with Gasteiger partial charge in [-0.15, -0.1) is 0 Å². The molecule has 0 saturated carbocycles. The van der Waals surface area contributed by atoms with Gasteiger partial charge in [0.2, 0.25) is 0 Å². The van der Waals surface area contributed by atoms with Crippen molar-refractivity contribution in [2.45, 2.75) is 32.1 Å². The second kappa shape index (κ2) is 10.6. The van der Waals surface area contributed by atoms with Gasteiger partial charge in [0.25, 0.3) is 0 Å². The molecule has 2 heterocycles. The summed E-state index contributed by atoms with van der Waals surface area (Å²) in [6.07, 6.45) is -0.289. The van der Waals surface area contributed by atoms with Crippen molar-refractivity contribution >= 4 is 23.2 Å². The van der Waals surface area contributed by atoms with Crippen LogP contribution in [-0.2, 0) is 11.8 Å². The number of rotatable bonds is 7. The summed E-state index contributed by atoms with van der Waals surface area (Å²) >= 11 is 0. The first-order chi connectivity index (χ1) is 16.8. The first kappa shape index (κ1) is 24.3. The minimum atomic E-state index is -0.847. The van der Waals surface area contributed by atoms with E-state index in [1.54, 1.807) is 26.1 Å². The smallest absolute Gasteiger partial charge is 0.404 e. The number of nitrogens with zero attached hydrogens (tertiary/aromatic N) is 3. The molecular weight excluding hydrogens is 450 g/mol. The van der Waals surface area contributed by atoms with Crippen LogP contribution in [0.1, 0.15) is 19.8 Å². The maximum absolute atomic E-state index is 12.9. The van der Waals surface area contributed by atoms with Crippen molar-refractivity contribution in [3.05, 3.63) is 65.1 Å². The third-order valence-electron chi connectivity index (χ3n) is 6.42. The number of piperidine rings is 1. The zero-order valence-electron chi connectivity index (χ0n) is 19.9. The quantitative estimate of drug-likeness (QED) is 0.535. The van der Waals surface area contributed by atoms with E-state index in [9.17, 15) is 14.4 Å². The van der Waals surface area contributed by atoms with E-state index in [-0.39, 0.29) is 11.6 Å². The highest BCUT2D eigenvalue weighted by atomic mass is 16.6. The zero-order chi connectivity index (χ0) is 24.9. The lowest BCUT2D eigenvalue weighted by Crippen LogP contribution is -2.52. The first-order valence-electron chi connectivity index (χ1n) is 11.7. The molecule has 10 nitrogen and oxygen atoms in total. The summed E-state index contributed by atoms with van der Waals surface area (Å²) in [6, 6.07) is 16.1. The Morgan fingerprint density at radius 1 is 1.06 bits per heavy atom. The molecule has 35 heavy (non-hydrogen) atoms. The fourth-order valence-electron chi connectivity index (χ4n) is 4.56. The molecule has 10 heteroatoms. The largest absolute Gasteiger partial charge is 0.471 e. The third-order valence-corrected chi connectivity index (χ3v) is 6.42. The molecule has 0 spiro atoms. The molecule has 4 rings (SSSR count). The van der Waals surface area contributed by atoms with E-state index in [0.29, 0.717) is 36.4 Å². The molecule has 1 aromatic heterocycles. The average molecular weight is 482 g/mol. The SMILES string of the molecule is CC(OC(N)=O)C(Oc1ccccc1)N1CCC(CNC(=O)n2c(=O)n(C)c3ccccc32)CC1. The second-order valence-corrected chi connectivity index (χ2v) is 8.79. The molecule has 186 valence electrons. The highest BCUT2D eigenvalue weighted by molar-refractivity contribution is 5.89. The highest BCUT2D eigenvalue weighted by Crippen LogP contribution is 2.23. The number of nitrogens with two attached hydrogens (primary N) is 1. The summed E-state index contributed by atoms with van der Waals surface area (Å²) in [4.78, 5) is 38.9. The second-order valence-electron chi connectivity index (χ2n) is 8.79. The molecule has 1 fully saturated rings. The molecule has 2 amide bonds. The van der Waals surface area contributed by atoms with Crippen LogP contribution >= 0.6 is 0 Å². The minimum absolute atomic E-state index is 0.241. The van der Waals surface area contributed by atoms with Crippen LogP contribution in [0.5, 0.6) is 5.75 Å². The first-order valence-corrected chi connectivity index (χ1v) is 11.7. The van der Waals surface area contributed by atoms with Gasteiger partial charge in [0.05, 0.1) is 11.0 Å². The molecule has 1 aliphatic heterocycles. The summed E-state index contributed by atoms with van der Waals surface area (Å²) < 4.78 is 14.0. The van der Waals surface area contributed by atoms with Gasteiger partial charge in [0.15, 0.2) is 12.3 Å². The van der Waals surface area contributed by atoms with Crippen LogP contribution in [0.4, 0.5) is 9.59 Å². The Hall–Kier alpha value is -3.79. The number of carbonyl (C=O) groups is 2. The molecule has 0 bridgehead atoms. The van der Waals surface area contributed by atoms with E-state index in [0.717, 1.165) is 12.8 Å². The third kappa shape index (κ3) is 5.48. The van der Waals surface area contributed by atoms with Crippen LogP contribution < -0.4 is 21.5 Å². The van der Waals surface area contributed by atoms with Gasteiger partial charge < -0.3 is 20.5 Å². The average Bonchev–Trinajstić information content (AvgIpc) is 3.11. The van der Waals surface area contributed by atoms with Crippen molar-refractivity contribution < 1.29 is 19.1 Å². The van der Waals surface area contributed by atoms with Crippen LogP contribution in [0.3, 0.4) is 0 Å². The van der Waals surface area contributed by atoms with Crippen molar-refractivity contribution in [3.63, 3.8) is 0 Å². The Morgan fingerprint density at radius 3 is 2.34 bits per heavy atom. The lowest BCUT2D eigenvalue weighted by Gasteiger charge is -2.39. The topological polar surface area (TPSA) is 121 Å². The molecule has 1 aliphatic rings. The molecule has 2 aromatic carbocycles. The number of hydrogen-bond acceptors (Lipinski definition) is 6. The lowest BCUT2D eigenvalue weighted by molar-refractivity contribution is -0.0728. The summed E-state index contributed by atoms with van der Waals surface area (Å²) in [5.74, 6) is 0.915. The van der Waals surface area contributed by atoms with Crippen molar-refractivity contribution in [1.82, 2.24) is 19.4 Å².